The summed E-state index contributed by atoms with van der Waals surface area (Å²) in [6.45, 7) is 3.57. The summed E-state index contributed by atoms with van der Waals surface area (Å²) in [5.41, 5.74) is 2.15. The lowest BCUT2D eigenvalue weighted by molar-refractivity contribution is -0.113. The van der Waals surface area contributed by atoms with Gasteiger partial charge in [-0.25, -0.2) is 4.98 Å². The number of aryl methyl sites for hydroxylation is 1. The van der Waals surface area contributed by atoms with Crippen molar-refractivity contribution in [3.63, 3.8) is 0 Å². The number of carbonyl (C=O) groups is 1. The lowest BCUT2D eigenvalue weighted by Gasteiger charge is -2.16. The Morgan fingerprint density at radius 1 is 1.34 bits per heavy atom. The average Bonchev–Trinajstić information content (AvgIpc) is 3.49. The van der Waals surface area contributed by atoms with Gasteiger partial charge in [-0.15, -0.1) is 10.2 Å². The lowest BCUT2D eigenvalue weighted by Crippen LogP contribution is -2.18. The number of benzene rings is 1. The van der Waals surface area contributed by atoms with Crippen molar-refractivity contribution in [2.75, 3.05) is 17.7 Å². The molecule has 152 valence electrons. The molecule has 0 unspecified atom stereocenters. The smallest absolute Gasteiger partial charge is 0.236 e. The van der Waals surface area contributed by atoms with E-state index in [1.54, 1.807) is 0 Å². The maximum Gasteiger partial charge on any atom is 0.236 e. The fourth-order valence-corrected chi connectivity index (χ4v) is 4.70. The van der Waals surface area contributed by atoms with E-state index in [1.807, 2.05) is 31.3 Å². The molecular formula is C20H23N5O2S2. The molecule has 29 heavy (non-hydrogen) atoms. The Labute approximate surface area is 177 Å². The van der Waals surface area contributed by atoms with Gasteiger partial charge in [0.2, 0.25) is 11.0 Å². The van der Waals surface area contributed by atoms with Crippen LogP contribution in [-0.2, 0) is 22.5 Å². The van der Waals surface area contributed by atoms with E-state index in [9.17, 15) is 4.79 Å². The van der Waals surface area contributed by atoms with E-state index in [1.165, 1.54) is 23.1 Å². The minimum Gasteiger partial charge on any atom is -0.376 e. The maximum atomic E-state index is 12.4. The van der Waals surface area contributed by atoms with E-state index in [-0.39, 0.29) is 17.8 Å². The second-order valence-electron chi connectivity index (χ2n) is 6.73. The fraction of sp³-hybridized carbons (Fsp3) is 0.400. The summed E-state index contributed by atoms with van der Waals surface area (Å²) >= 11 is 2.83. The number of hydrogen-bond acceptors (Lipinski definition) is 7. The standard InChI is InChI=1S/C20H23N5O2S2/c1-2-18-23-24-19(29-18)22-17(26)13-28-20-21-11-16(14-7-4-3-5-8-14)25(20)12-15-9-6-10-27-15/h3-5,7-8,11,15H,2,6,9-10,12-13H2,1H3,(H,22,24,26)/t15-/m0/s1. The van der Waals surface area contributed by atoms with Crippen LogP contribution in [-0.4, -0.2) is 44.1 Å². The van der Waals surface area contributed by atoms with Gasteiger partial charge in [0.05, 0.1) is 30.3 Å². The summed E-state index contributed by atoms with van der Waals surface area (Å²) in [5.74, 6) is 0.152. The van der Waals surface area contributed by atoms with Crippen molar-refractivity contribution in [3.05, 3.63) is 41.5 Å². The number of rotatable bonds is 8. The highest BCUT2D eigenvalue weighted by Crippen LogP contribution is 2.28. The molecule has 0 bridgehead atoms. The zero-order valence-corrected chi connectivity index (χ0v) is 17.8. The van der Waals surface area contributed by atoms with E-state index >= 15 is 0 Å². The molecule has 0 radical (unpaired) electrons. The number of amides is 1. The molecule has 1 amide bonds. The Hall–Kier alpha value is -2.23. The van der Waals surface area contributed by atoms with E-state index in [0.29, 0.717) is 5.13 Å². The predicted octanol–water partition coefficient (Wildman–Crippen LogP) is 3.87. The number of anilines is 1. The molecule has 1 fully saturated rings. The Bertz CT molecular complexity index is 951. The van der Waals surface area contributed by atoms with Gasteiger partial charge in [-0.1, -0.05) is 60.4 Å². The van der Waals surface area contributed by atoms with E-state index in [0.717, 1.165) is 53.8 Å². The third kappa shape index (κ3) is 5.04. The average molecular weight is 430 g/mol. The molecule has 1 saturated heterocycles. The molecule has 2 aromatic heterocycles. The first kappa shape index (κ1) is 20.1. The van der Waals surface area contributed by atoms with E-state index in [2.05, 4.69) is 37.2 Å². The van der Waals surface area contributed by atoms with Crippen molar-refractivity contribution in [3.8, 4) is 11.3 Å². The molecule has 0 saturated carbocycles. The first-order valence-electron chi connectivity index (χ1n) is 9.70. The Balaban J connectivity index is 1.47. The molecule has 1 atom stereocenters. The van der Waals surface area contributed by atoms with Gasteiger partial charge in [0.1, 0.15) is 5.01 Å². The van der Waals surface area contributed by atoms with Crippen molar-refractivity contribution in [2.45, 2.75) is 44.0 Å². The summed E-state index contributed by atoms with van der Waals surface area (Å²) in [6, 6.07) is 10.2. The number of thioether (sulfide) groups is 1. The van der Waals surface area contributed by atoms with Crippen LogP contribution in [0.15, 0.2) is 41.7 Å². The molecule has 1 aromatic carbocycles. The van der Waals surface area contributed by atoms with Gasteiger partial charge >= 0.3 is 0 Å². The summed E-state index contributed by atoms with van der Waals surface area (Å²) < 4.78 is 8.01. The first-order valence-corrected chi connectivity index (χ1v) is 11.5. The molecule has 7 nitrogen and oxygen atoms in total. The van der Waals surface area contributed by atoms with Crippen LogP contribution in [0.5, 0.6) is 0 Å². The van der Waals surface area contributed by atoms with E-state index < -0.39 is 0 Å². The summed E-state index contributed by atoms with van der Waals surface area (Å²) in [4.78, 5) is 17.0. The molecular weight excluding hydrogens is 406 g/mol. The minimum absolute atomic E-state index is 0.110. The molecule has 1 aliphatic heterocycles. The number of ether oxygens (including phenoxy) is 1. The van der Waals surface area contributed by atoms with Crippen LogP contribution in [0.25, 0.3) is 11.3 Å². The van der Waals surface area contributed by atoms with Gasteiger partial charge in [0.25, 0.3) is 0 Å². The largest absolute Gasteiger partial charge is 0.376 e. The van der Waals surface area contributed by atoms with Gasteiger partial charge in [0.15, 0.2) is 5.16 Å². The van der Waals surface area contributed by atoms with Crippen molar-refractivity contribution in [1.29, 1.82) is 0 Å². The highest BCUT2D eigenvalue weighted by Gasteiger charge is 2.21. The molecule has 3 heterocycles. The molecule has 1 N–H and O–H groups in total. The van der Waals surface area contributed by atoms with Crippen LogP contribution in [0, 0.1) is 0 Å². The number of nitrogens with one attached hydrogen (secondary N) is 1. The van der Waals surface area contributed by atoms with Crippen molar-refractivity contribution >= 4 is 34.1 Å². The summed E-state index contributed by atoms with van der Waals surface area (Å²) in [6.07, 6.45) is 5.02. The first-order chi connectivity index (χ1) is 14.2. The number of imidazole rings is 1. The van der Waals surface area contributed by atoms with Gasteiger partial charge in [0, 0.05) is 6.61 Å². The highest BCUT2D eigenvalue weighted by molar-refractivity contribution is 7.99. The molecule has 9 heteroatoms. The normalized spacial score (nSPS) is 16.2. The highest BCUT2D eigenvalue weighted by atomic mass is 32.2. The van der Waals surface area contributed by atoms with Crippen molar-refractivity contribution in [2.24, 2.45) is 0 Å². The molecule has 3 aromatic rings. The Morgan fingerprint density at radius 3 is 2.93 bits per heavy atom. The van der Waals surface area contributed by atoms with Crippen LogP contribution in [0.2, 0.25) is 0 Å². The zero-order valence-electron chi connectivity index (χ0n) is 16.2. The number of nitrogens with zero attached hydrogens (tertiary/aromatic N) is 4. The number of hydrogen-bond donors (Lipinski definition) is 1. The van der Waals surface area contributed by atoms with Crippen LogP contribution in [0.4, 0.5) is 5.13 Å². The second kappa shape index (κ2) is 9.51. The third-order valence-electron chi connectivity index (χ3n) is 4.65. The monoisotopic (exact) mass is 429 g/mol. The number of carbonyl (C=O) groups excluding carboxylic acids is 1. The van der Waals surface area contributed by atoms with Crippen molar-refractivity contribution < 1.29 is 9.53 Å². The van der Waals surface area contributed by atoms with Crippen LogP contribution in [0.3, 0.4) is 0 Å². The topological polar surface area (TPSA) is 81.9 Å². The number of aromatic nitrogens is 4. The summed E-state index contributed by atoms with van der Waals surface area (Å²) in [5, 5.41) is 13.1. The molecule has 4 rings (SSSR count). The fourth-order valence-electron chi connectivity index (χ4n) is 3.21. The maximum absolute atomic E-state index is 12.4. The SMILES string of the molecule is CCc1nnc(NC(=O)CSc2ncc(-c3ccccc3)n2C[C@@H]2CCCO2)s1. The van der Waals surface area contributed by atoms with Gasteiger partial charge < -0.3 is 9.30 Å². The quantitative estimate of drug-likeness (QED) is 0.548. The minimum atomic E-state index is -0.110. The predicted molar refractivity (Wildman–Crippen MR) is 115 cm³/mol. The molecule has 0 spiro atoms. The van der Waals surface area contributed by atoms with Gasteiger partial charge in [-0.05, 0) is 24.8 Å². The van der Waals surface area contributed by atoms with E-state index in [4.69, 9.17) is 4.74 Å². The van der Waals surface area contributed by atoms with Gasteiger partial charge in [-0.2, -0.15) is 0 Å². The molecule has 1 aliphatic rings. The van der Waals surface area contributed by atoms with Crippen LogP contribution >= 0.6 is 23.1 Å². The zero-order chi connectivity index (χ0) is 20.1. The summed E-state index contributed by atoms with van der Waals surface area (Å²) in [7, 11) is 0. The third-order valence-corrected chi connectivity index (χ3v) is 6.62. The Morgan fingerprint density at radius 2 is 2.21 bits per heavy atom. The van der Waals surface area contributed by atoms with Crippen molar-refractivity contribution in [1.82, 2.24) is 19.7 Å². The second-order valence-corrected chi connectivity index (χ2v) is 8.73. The van der Waals surface area contributed by atoms with Gasteiger partial charge in [-0.3, -0.25) is 10.1 Å². The lowest BCUT2D eigenvalue weighted by atomic mass is 10.1. The Kier molecular flexibility index (Phi) is 6.58. The molecule has 0 aliphatic carbocycles. The van der Waals surface area contributed by atoms with Crippen LogP contribution in [0.1, 0.15) is 24.8 Å². The van der Waals surface area contributed by atoms with Crippen LogP contribution < -0.4 is 5.32 Å².